The van der Waals surface area contributed by atoms with E-state index < -0.39 is 0 Å². The van der Waals surface area contributed by atoms with Crippen LogP contribution in [-0.2, 0) is 19.4 Å². The van der Waals surface area contributed by atoms with E-state index in [4.69, 9.17) is 4.74 Å². The molecule has 1 atom stereocenters. The second kappa shape index (κ2) is 9.60. The average Bonchev–Trinajstić information content (AvgIpc) is 3.26. The highest BCUT2D eigenvalue weighted by atomic mass is 16.5. The van der Waals surface area contributed by atoms with Crippen molar-refractivity contribution in [3.05, 3.63) is 107 Å². The zero-order valence-corrected chi connectivity index (χ0v) is 19.8. The van der Waals surface area contributed by atoms with E-state index in [1.165, 1.54) is 28.9 Å². The minimum Gasteiger partial charge on any atom is -0.496 e. The van der Waals surface area contributed by atoms with Gasteiger partial charge in [0.1, 0.15) is 5.75 Å². The van der Waals surface area contributed by atoms with Crippen molar-refractivity contribution in [1.29, 1.82) is 0 Å². The molecule has 5 rings (SSSR count). The highest BCUT2D eigenvalue weighted by molar-refractivity contribution is 5.94. The van der Waals surface area contributed by atoms with Crippen LogP contribution < -0.4 is 10.1 Å². The van der Waals surface area contributed by atoms with Crippen LogP contribution in [0.1, 0.15) is 40.5 Å². The third-order valence-corrected chi connectivity index (χ3v) is 6.72. The lowest BCUT2D eigenvalue weighted by atomic mass is 9.89. The molecule has 1 unspecified atom stereocenters. The van der Waals surface area contributed by atoms with Crippen molar-refractivity contribution in [3.8, 4) is 22.7 Å². The van der Waals surface area contributed by atoms with Gasteiger partial charge in [0, 0.05) is 29.1 Å². The molecule has 0 saturated heterocycles. The molecule has 1 heterocycles. The number of fused-ring (bicyclic) bond motifs is 1. The zero-order chi connectivity index (χ0) is 23.5. The van der Waals surface area contributed by atoms with E-state index in [0.717, 1.165) is 29.8 Å². The van der Waals surface area contributed by atoms with E-state index in [0.29, 0.717) is 18.0 Å². The van der Waals surface area contributed by atoms with Gasteiger partial charge in [-0.2, -0.15) is 0 Å². The standard InChI is InChI=1S/C30H30N2O2/c1-21-12-17-27-25(18-21)19-28(22-8-4-3-5-9-22)32(27)26-15-13-23(14-16-26)30(33)31-20-24-10-6-7-11-29(24)34-2/h3-11,13-16,19,21H,12,17-18,20H2,1-2H3,(H,31,33). The van der Waals surface area contributed by atoms with Gasteiger partial charge in [-0.3, -0.25) is 4.79 Å². The average molecular weight is 451 g/mol. The number of hydrogen-bond donors (Lipinski definition) is 1. The Bertz CT molecular complexity index is 1290. The van der Waals surface area contributed by atoms with Crippen molar-refractivity contribution in [2.24, 2.45) is 5.92 Å². The molecule has 0 spiro atoms. The molecule has 4 nitrogen and oxygen atoms in total. The largest absolute Gasteiger partial charge is 0.496 e. The Kier molecular flexibility index (Phi) is 6.22. The highest BCUT2D eigenvalue weighted by Crippen LogP contribution is 2.35. The first kappa shape index (κ1) is 22.0. The van der Waals surface area contributed by atoms with Crippen molar-refractivity contribution < 1.29 is 9.53 Å². The Labute approximate surface area is 201 Å². The number of nitrogens with zero attached hydrogens (tertiary/aromatic N) is 1. The quantitative estimate of drug-likeness (QED) is 0.380. The van der Waals surface area contributed by atoms with Gasteiger partial charge in [-0.1, -0.05) is 55.5 Å². The SMILES string of the molecule is COc1ccccc1CNC(=O)c1ccc(-n2c(-c3ccccc3)cc3c2CCC(C)C3)cc1. The summed E-state index contributed by atoms with van der Waals surface area (Å²) in [5.41, 5.74) is 7.96. The Hall–Kier alpha value is -3.79. The van der Waals surface area contributed by atoms with E-state index in [9.17, 15) is 4.79 Å². The minimum atomic E-state index is -0.0934. The van der Waals surface area contributed by atoms with Gasteiger partial charge in [-0.25, -0.2) is 0 Å². The van der Waals surface area contributed by atoms with Gasteiger partial charge in [0.2, 0.25) is 0 Å². The fourth-order valence-electron chi connectivity index (χ4n) is 4.92. The van der Waals surface area contributed by atoms with Crippen LogP contribution in [0.2, 0.25) is 0 Å². The zero-order valence-electron chi connectivity index (χ0n) is 19.8. The van der Waals surface area contributed by atoms with Gasteiger partial charge >= 0.3 is 0 Å². The molecule has 1 aromatic heterocycles. The molecule has 1 N–H and O–H groups in total. The van der Waals surface area contributed by atoms with Gasteiger partial charge < -0.3 is 14.6 Å². The van der Waals surface area contributed by atoms with E-state index >= 15 is 0 Å². The fourth-order valence-corrected chi connectivity index (χ4v) is 4.92. The summed E-state index contributed by atoms with van der Waals surface area (Å²) in [4.78, 5) is 12.8. The summed E-state index contributed by atoms with van der Waals surface area (Å²) in [7, 11) is 1.64. The number of carbonyl (C=O) groups is 1. The van der Waals surface area contributed by atoms with Crippen molar-refractivity contribution in [1.82, 2.24) is 9.88 Å². The third kappa shape index (κ3) is 4.36. The molecule has 0 fully saturated rings. The Balaban J connectivity index is 1.42. The lowest BCUT2D eigenvalue weighted by Gasteiger charge is -2.21. The summed E-state index contributed by atoms with van der Waals surface area (Å²) < 4.78 is 7.77. The number of carbonyl (C=O) groups excluding carboxylic acids is 1. The minimum absolute atomic E-state index is 0.0934. The van der Waals surface area contributed by atoms with E-state index in [1.54, 1.807) is 7.11 Å². The molecule has 1 aliphatic carbocycles. The van der Waals surface area contributed by atoms with Crippen molar-refractivity contribution >= 4 is 5.91 Å². The third-order valence-electron chi connectivity index (χ3n) is 6.72. The molecular weight excluding hydrogens is 420 g/mol. The number of hydrogen-bond acceptors (Lipinski definition) is 2. The van der Waals surface area contributed by atoms with Crippen LogP contribution >= 0.6 is 0 Å². The lowest BCUT2D eigenvalue weighted by molar-refractivity contribution is 0.0950. The predicted octanol–water partition coefficient (Wildman–Crippen LogP) is 6.21. The summed E-state index contributed by atoms with van der Waals surface area (Å²) in [6.07, 6.45) is 3.39. The molecule has 4 aromatic rings. The number of para-hydroxylation sites is 1. The van der Waals surface area contributed by atoms with Crippen LogP contribution in [0.3, 0.4) is 0 Å². The van der Waals surface area contributed by atoms with Gasteiger partial charge in [0.25, 0.3) is 5.91 Å². The van der Waals surface area contributed by atoms with Crippen LogP contribution in [-0.4, -0.2) is 17.6 Å². The number of ether oxygens (including phenoxy) is 1. The number of rotatable bonds is 6. The van der Waals surface area contributed by atoms with Crippen LogP contribution in [0.25, 0.3) is 16.9 Å². The first-order chi connectivity index (χ1) is 16.6. The fraction of sp³-hybridized carbons (Fsp3) is 0.233. The van der Waals surface area contributed by atoms with Crippen molar-refractivity contribution in [3.63, 3.8) is 0 Å². The number of nitrogens with one attached hydrogen (secondary N) is 1. The van der Waals surface area contributed by atoms with Crippen molar-refractivity contribution in [2.45, 2.75) is 32.7 Å². The van der Waals surface area contributed by atoms with Gasteiger partial charge in [-0.15, -0.1) is 0 Å². The van der Waals surface area contributed by atoms with Gasteiger partial charge in [0.05, 0.1) is 12.8 Å². The summed E-state index contributed by atoms with van der Waals surface area (Å²) in [6, 6.07) is 28.6. The van der Waals surface area contributed by atoms with Crippen LogP contribution in [0, 0.1) is 5.92 Å². The molecule has 34 heavy (non-hydrogen) atoms. The summed E-state index contributed by atoms with van der Waals surface area (Å²) in [6.45, 7) is 2.76. The molecule has 172 valence electrons. The maximum Gasteiger partial charge on any atom is 0.251 e. The topological polar surface area (TPSA) is 43.3 Å². The van der Waals surface area contributed by atoms with E-state index in [-0.39, 0.29) is 5.91 Å². The molecule has 0 bridgehead atoms. The lowest BCUT2D eigenvalue weighted by Crippen LogP contribution is -2.23. The number of amides is 1. The van der Waals surface area contributed by atoms with Gasteiger partial charge in [0.15, 0.2) is 0 Å². The summed E-state index contributed by atoms with van der Waals surface area (Å²) in [5, 5.41) is 3.01. The highest BCUT2D eigenvalue weighted by Gasteiger charge is 2.23. The molecule has 0 saturated carbocycles. The second-order valence-corrected chi connectivity index (χ2v) is 9.09. The molecule has 3 aromatic carbocycles. The summed E-state index contributed by atoms with van der Waals surface area (Å²) >= 11 is 0. The Morgan fingerprint density at radius 3 is 2.50 bits per heavy atom. The van der Waals surface area contributed by atoms with Crippen LogP contribution in [0.15, 0.2) is 84.9 Å². The maximum atomic E-state index is 12.8. The van der Waals surface area contributed by atoms with Gasteiger partial charge in [-0.05, 0) is 72.7 Å². The smallest absolute Gasteiger partial charge is 0.251 e. The number of methoxy groups -OCH3 is 1. The molecule has 4 heteroatoms. The number of aromatic nitrogens is 1. The molecule has 0 aliphatic heterocycles. The Morgan fingerprint density at radius 1 is 1.00 bits per heavy atom. The normalized spacial score (nSPS) is 14.9. The second-order valence-electron chi connectivity index (χ2n) is 9.09. The first-order valence-electron chi connectivity index (χ1n) is 11.9. The van der Waals surface area contributed by atoms with E-state index in [2.05, 4.69) is 65.3 Å². The van der Waals surface area contributed by atoms with Crippen molar-refractivity contribution in [2.75, 3.05) is 7.11 Å². The first-order valence-corrected chi connectivity index (χ1v) is 11.9. The van der Waals surface area contributed by atoms with E-state index in [1.807, 2.05) is 36.4 Å². The maximum absolute atomic E-state index is 12.8. The monoisotopic (exact) mass is 450 g/mol. The van der Waals surface area contributed by atoms with Crippen LogP contribution in [0.4, 0.5) is 0 Å². The molecule has 1 aliphatic rings. The molecular formula is C30H30N2O2. The predicted molar refractivity (Wildman–Crippen MR) is 137 cm³/mol. The summed E-state index contributed by atoms with van der Waals surface area (Å²) in [5.74, 6) is 1.39. The number of benzene rings is 3. The molecule has 1 amide bonds. The van der Waals surface area contributed by atoms with Crippen LogP contribution in [0.5, 0.6) is 5.75 Å². The molecule has 0 radical (unpaired) electrons. The Morgan fingerprint density at radius 2 is 1.74 bits per heavy atom.